The first-order chi connectivity index (χ1) is 13.1. The maximum Gasteiger partial charge on any atom is 0.245 e. The van der Waals surface area contributed by atoms with E-state index in [2.05, 4.69) is 29.8 Å². The maximum absolute atomic E-state index is 13.4. The predicted molar refractivity (Wildman–Crippen MR) is 104 cm³/mol. The van der Waals surface area contributed by atoms with Gasteiger partial charge in [0.1, 0.15) is 11.9 Å². The van der Waals surface area contributed by atoms with Crippen molar-refractivity contribution in [2.24, 2.45) is 0 Å². The molecule has 1 unspecified atom stereocenters. The zero-order chi connectivity index (χ0) is 19.0. The van der Waals surface area contributed by atoms with Crippen LogP contribution >= 0.6 is 0 Å². The van der Waals surface area contributed by atoms with E-state index >= 15 is 0 Å². The highest BCUT2D eigenvalue weighted by molar-refractivity contribution is 5.85. The molecule has 1 spiro atoms. The minimum atomic E-state index is -0.223. The lowest BCUT2D eigenvalue weighted by atomic mass is 9.86. The first-order valence-corrected chi connectivity index (χ1v) is 10.1. The topological polar surface area (TPSA) is 67.2 Å². The number of aromatic nitrogens is 2. The molecule has 4 rings (SSSR count). The average molecular weight is 368 g/mol. The molecule has 0 bridgehead atoms. The van der Waals surface area contributed by atoms with Crippen molar-refractivity contribution >= 4 is 22.8 Å². The van der Waals surface area contributed by atoms with E-state index in [1.807, 2.05) is 23.1 Å². The molecule has 6 nitrogen and oxygen atoms in total. The fourth-order valence-electron chi connectivity index (χ4n) is 4.67. The number of piperidine rings is 1. The summed E-state index contributed by atoms with van der Waals surface area (Å²) in [4.78, 5) is 31.8. The molecular formula is C21H28N4O2. The minimum Gasteiger partial charge on any atom is -0.351 e. The van der Waals surface area contributed by atoms with Crippen molar-refractivity contribution in [1.82, 2.24) is 19.8 Å². The SMILES string of the molecule is CCc1nc2ccccc2n1C(CC)C(=O)N1CCC2(CCC(=O)N2)CC1. The highest BCUT2D eigenvalue weighted by atomic mass is 16.2. The number of carbonyl (C=O) groups is 2. The number of hydrogen-bond donors (Lipinski definition) is 1. The molecule has 2 aliphatic rings. The van der Waals surface area contributed by atoms with E-state index in [4.69, 9.17) is 4.98 Å². The summed E-state index contributed by atoms with van der Waals surface area (Å²) in [6.45, 7) is 5.58. The van der Waals surface area contributed by atoms with Gasteiger partial charge in [-0.25, -0.2) is 4.98 Å². The summed E-state index contributed by atoms with van der Waals surface area (Å²) in [5.74, 6) is 1.29. The van der Waals surface area contributed by atoms with Crippen LogP contribution in [-0.4, -0.2) is 44.9 Å². The Bertz CT molecular complexity index is 864. The van der Waals surface area contributed by atoms with E-state index in [-0.39, 0.29) is 23.4 Å². The maximum atomic E-state index is 13.4. The molecule has 1 N–H and O–H groups in total. The van der Waals surface area contributed by atoms with Gasteiger partial charge in [-0.1, -0.05) is 26.0 Å². The second kappa shape index (κ2) is 6.98. The summed E-state index contributed by atoms with van der Waals surface area (Å²) in [5.41, 5.74) is 1.91. The van der Waals surface area contributed by atoms with Crippen LogP contribution in [0, 0.1) is 0 Å². The number of nitrogens with one attached hydrogen (secondary N) is 1. The number of hydrogen-bond acceptors (Lipinski definition) is 3. The molecule has 2 amide bonds. The number of likely N-dealkylation sites (tertiary alicyclic amines) is 1. The molecule has 1 aromatic heterocycles. The van der Waals surface area contributed by atoms with Crippen molar-refractivity contribution in [1.29, 1.82) is 0 Å². The number of amides is 2. The zero-order valence-electron chi connectivity index (χ0n) is 16.2. The van der Waals surface area contributed by atoms with E-state index in [1.165, 1.54) is 0 Å². The largest absolute Gasteiger partial charge is 0.351 e. The van der Waals surface area contributed by atoms with Gasteiger partial charge in [-0.15, -0.1) is 0 Å². The van der Waals surface area contributed by atoms with E-state index in [0.29, 0.717) is 19.5 Å². The standard InChI is InChI=1S/C21H28N4O2/c1-3-16(25-17-8-6-5-7-15(17)22-18(25)4-2)20(27)24-13-11-21(12-14-24)10-9-19(26)23-21/h5-8,16H,3-4,9-14H2,1-2H3,(H,23,26). The Kier molecular flexibility index (Phi) is 4.66. The van der Waals surface area contributed by atoms with Gasteiger partial charge >= 0.3 is 0 Å². The number of nitrogens with zero attached hydrogens (tertiary/aromatic N) is 3. The normalized spacial score (nSPS) is 20.2. The Morgan fingerprint density at radius 1 is 1.22 bits per heavy atom. The summed E-state index contributed by atoms with van der Waals surface area (Å²) in [7, 11) is 0. The first-order valence-electron chi connectivity index (χ1n) is 10.1. The van der Waals surface area contributed by atoms with Crippen molar-refractivity contribution in [3.05, 3.63) is 30.1 Å². The molecule has 1 atom stereocenters. The first kappa shape index (κ1) is 18.0. The molecule has 3 heterocycles. The van der Waals surface area contributed by atoms with Crippen molar-refractivity contribution in [3.8, 4) is 0 Å². The Labute approximate surface area is 159 Å². The van der Waals surface area contributed by atoms with Gasteiger partial charge in [0.15, 0.2) is 0 Å². The third-order valence-corrected chi connectivity index (χ3v) is 6.24. The van der Waals surface area contributed by atoms with E-state index in [0.717, 1.165) is 49.0 Å². The highest BCUT2D eigenvalue weighted by Crippen LogP contribution is 2.33. The molecule has 6 heteroatoms. The quantitative estimate of drug-likeness (QED) is 0.902. The van der Waals surface area contributed by atoms with E-state index in [1.54, 1.807) is 0 Å². The molecule has 144 valence electrons. The number of imidazole rings is 1. The Morgan fingerprint density at radius 2 is 1.96 bits per heavy atom. The van der Waals surface area contributed by atoms with Crippen molar-refractivity contribution in [3.63, 3.8) is 0 Å². The molecule has 2 fully saturated rings. The second-order valence-corrected chi connectivity index (χ2v) is 7.82. The molecule has 0 radical (unpaired) electrons. The minimum absolute atomic E-state index is 0.0775. The monoisotopic (exact) mass is 368 g/mol. The van der Waals surface area contributed by atoms with Crippen LogP contribution in [0.2, 0.25) is 0 Å². The predicted octanol–water partition coefficient (Wildman–Crippen LogP) is 2.82. The average Bonchev–Trinajstić information content (AvgIpc) is 3.24. The van der Waals surface area contributed by atoms with Crippen LogP contribution in [0.1, 0.15) is 57.8 Å². The third-order valence-electron chi connectivity index (χ3n) is 6.24. The second-order valence-electron chi connectivity index (χ2n) is 7.82. The number of aryl methyl sites for hydroxylation is 1. The number of rotatable bonds is 4. The Hall–Kier alpha value is -2.37. The van der Waals surface area contributed by atoms with Crippen molar-refractivity contribution < 1.29 is 9.59 Å². The highest BCUT2D eigenvalue weighted by Gasteiger charge is 2.42. The molecule has 2 saturated heterocycles. The molecule has 27 heavy (non-hydrogen) atoms. The third kappa shape index (κ3) is 3.11. The Balaban J connectivity index is 1.57. The van der Waals surface area contributed by atoms with Gasteiger partial charge in [0, 0.05) is 31.5 Å². The van der Waals surface area contributed by atoms with Gasteiger partial charge in [-0.3, -0.25) is 9.59 Å². The van der Waals surface area contributed by atoms with Crippen molar-refractivity contribution in [2.75, 3.05) is 13.1 Å². The van der Waals surface area contributed by atoms with Crippen LogP contribution in [0.5, 0.6) is 0 Å². The smallest absolute Gasteiger partial charge is 0.245 e. The lowest BCUT2D eigenvalue weighted by Crippen LogP contribution is -2.53. The number of para-hydroxylation sites is 2. The van der Waals surface area contributed by atoms with Gasteiger partial charge in [-0.2, -0.15) is 0 Å². The van der Waals surface area contributed by atoms with Gasteiger partial charge in [-0.05, 0) is 37.8 Å². The Morgan fingerprint density at radius 3 is 2.59 bits per heavy atom. The lowest BCUT2D eigenvalue weighted by molar-refractivity contribution is -0.136. The molecular weight excluding hydrogens is 340 g/mol. The van der Waals surface area contributed by atoms with E-state index in [9.17, 15) is 9.59 Å². The van der Waals surface area contributed by atoms with Crippen LogP contribution in [0.3, 0.4) is 0 Å². The molecule has 1 aromatic carbocycles. The number of carbonyl (C=O) groups excluding carboxylic acids is 2. The molecule has 0 aliphatic carbocycles. The molecule has 2 aromatic rings. The summed E-state index contributed by atoms with van der Waals surface area (Å²) in [6, 6.07) is 7.83. The number of fused-ring (bicyclic) bond motifs is 1. The van der Waals surface area contributed by atoms with Gasteiger partial charge in [0.2, 0.25) is 11.8 Å². The molecule has 0 saturated carbocycles. The van der Waals surface area contributed by atoms with E-state index < -0.39 is 0 Å². The zero-order valence-corrected chi connectivity index (χ0v) is 16.2. The van der Waals surface area contributed by atoms with Crippen LogP contribution < -0.4 is 5.32 Å². The van der Waals surface area contributed by atoms with Crippen LogP contribution in [0.15, 0.2) is 24.3 Å². The lowest BCUT2D eigenvalue weighted by Gasteiger charge is -2.40. The summed E-state index contributed by atoms with van der Waals surface area (Å²) in [5, 5.41) is 3.15. The fourth-order valence-corrected chi connectivity index (χ4v) is 4.67. The summed E-state index contributed by atoms with van der Waals surface area (Å²) >= 11 is 0. The van der Waals surface area contributed by atoms with Gasteiger partial charge in [0.25, 0.3) is 0 Å². The van der Waals surface area contributed by atoms with Gasteiger partial charge < -0.3 is 14.8 Å². The van der Waals surface area contributed by atoms with Crippen molar-refractivity contribution in [2.45, 2.75) is 64.0 Å². The number of benzene rings is 1. The summed E-state index contributed by atoms with van der Waals surface area (Å²) in [6.07, 6.45) is 4.76. The van der Waals surface area contributed by atoms with Crippen LogP contribution in [0.4, 0.5) is 0 Å². The fraction of sp³-hybridized carbons (Fsp3) is 0.571. The van der Waals surface area contributed by atoms with Crippen LogP contribution in [-0.2, 0) is 16.0 Å². The van der Waals surface area contributed by atoms with Gasteiger partial charge in [0.05, 0.1) is 11.0 Å². The van der Waals surface area contributed by atoms with Crippen LogP contribution in [0.25, 0.3) is 11.0 Å². The summed E-state index contributed by atoms with van der Waals surface area (Å²) < 4.78 is 2.14. The molecule has 2 aliphatic heterocycles.